The maximum absolute atomic E-state index is 14.0. The van der Waals surface area contributed by atoms with E-state index in [1.54, 1.807) is 18.2 Å². The quantitative estimate of drug-likeness (QED) is 0.819. The van der Waals surface area contributed by atoms with Gasteiger partial charge < -0.3 is 5.11 Å². The fraction of sp³-hybridized carbons (Fsp3) is 0.625. The molecule has 1 unspecified atom stereocenters. The van der Waals surface area contributed by atoms with E-state index in [0.29, 0.717) is 16.0 Å². The van der Waals surface area contributed by atoms with Gasteiger partial charge in [-0.2, -0.15) is 0 Å². The minimum absolute atomic E-state index is 0.193. The second kappa shape index (κ2) is 6.36. The lowest BCUT2D eigenvalue weighted by Crippen LogP contribution is -2.23. The fourth-order valence-electron chi connectivity index (χ4n) is 3.13. The van der Waals surface area contributed by atoms with E-state index in [2.05, 4.69) is 29.8 Å². The number of hydrogen-bond donors (Lipinski definition) is 1. The Morgan fingerprint density at radius 2 is 1.74 bits per heavy atom. The highest BCUT2D eigenvalue weighted by atomic mass is 79.9. The predicted octanol–water partition coefficient (Wildman–Crippen LogP) is 5.08. The molecule has 1 fully saturated rings. The first-order chi connectivity index (χ1) is 9.00. The van der Waals surface area contributed by atoms with Crippen molar-refractivity contribution in [2.24, 2.45) is 17.8 Å². The summed E-state index contributed by atoms with van der Waals surface area (Å²) in [6.45, 7) is 4.52. The van der Waals surface area contributed by atoms with Gasteiger partial charge in [-0.3, -0.25) is 0 Å². The molecule has 1 N–H and O–H groups in total. The molecular formula is C16H22BrFO. The Hall–Kier alpha value is -0.410. The van der Waals surface area contributed by atoms with Gasteiger partial charge in [0, 0.05) is 5.56 Å². The monoisotopic (exact) mass is 328 g/mol. The third kappa shape index (κ3) is 3.38. The van der Waals surface area contributed by atoms with Crippen LogP contribution >= 0.6 is 15.9 Å². The van der Waals surface area contributed by atoms with Crippen molar-refractivity contribution in [3.63, 3.8) is 0 Å². The summed E-state index contributed by atoms with van der Waals surface area (Å²) in [7, 11) is 0. The highest BCUT2D eigenvalue weighted by molar-refractivity contribution is 9.10. The van der Waals surface area contributed by atoms with Gasteiger partial charge in [-0.1, -0.05) is 26.0 Å². The highest BCUT2D eigenvalue weighted by Gasteiger charge is 2.30. The van der Waals surface area contributed by atoms with E-state index < -0.39 is 6.10 Å². The Morgan fingerprint density at radius 3 is 2.32 bits per heavy atom. The minimum Gasteiger partial charge on any atom is -0.388 e. The van der Waals surface area contributed by atoms with Crippen LogP contribution in [0.4, 0.5) is 4.39 Å². The molecule has 0 aromatic heterocycles. The molecule has 0 heterocycles. The largest absolute Gasteiger partial charge is 0.388 e. The molecule has 0 amide bonds. The van der Waals surface area contributed by atoms with Gasteiger partial charge in [0.1, 0.15) is 5.82 Å². The molecule has 1 aliphatic carbocycles. The zero-order valence-electron chi connectivity index (χ0n) is 11.6. The first-order valence-corrected chi connectivity index (χ1v) is 7.92. The SMILES string of the molecule is CC(C)C1CCC(C(O)c2cccc(Br)c2F)CC1. The summed E-state index contributed by atoms with van der Waals surface area (Å²) in [5.74, 6) is 1.34. The van der Waals surface area contributed by atoms with E-state index in [-0.39, 0.29) is 11.7 Å². The van der Waals surface area contributed by atoms with Crippen molar-refractivity contribution < 1.29 is 9.50 Å². The molecule has 1 aliphatic rings. The number of benzene rings is 1. The molecule has 1 nitrogen and oxygen atoms in total. The number of halogens is 2. The maximum atomic E-state index is 14.0. The van der Waals surface area contributed by atoms with Crippen molar-refractivity contribution in [1.29, 1.82) is 0 Å². The zero-order chi connectivity index (χ0) is 14.0. The van der Waals surface area contributed by atoms with Crippen LogP contribution in [0.15, 0.2) is 22.7 Å². The number of rotatable bonds is 3. The Bertz CT molecular complexity index is 425. The summed E-state index contributed by atoms with van der Waals surface area (Å²) in [6, 6.07) is 5.14. The molecule has 1 atom stereocenters. The highest BCUT2D eigenvalue weighted by Crippen LogP contribution is 2.40. The lowest BCUT2D eigenvalue weighted by molar-refractivity contribution is 0.0640. The van der Waals surface area contributed by atoms with Crippen molar-refractivity contribution >= 4 is 15.9 Å². The molecule has 3 heteroatoms. The number of hydrogen-bond acceptors (Lipinski definition) is 1. The van der Waals surface area contributed by atoms with Gasteiger partial charge in [-0.05, 0) is 65.4 Å². The molecule has 106 valence electrons. The molecule has 1 saturated carbocycles. The van der Waals surface area contributed by atoms with E-state index >= 15 is 0 Å². The van der Waals surface area contributed by atoms with Gasteiger partial charge in [-0.25, -0.2) is 4.39 Å². The molecule has 0 radical (unpaired) electrons. The average molecular weight is 329 g/mol. The molecular weight excluding hydrogens is 307 g/mol. The van der Waals surface area contributed by atoms with Gasteiger partial charge >= 0.3 is 0 Å². The lowest BCUT2D eigenvalue weighted by atomic mass is 9.74. The third-order valence-electron chi connectivity index (χ3n) is 4.51. The van der Waals surface area contributed by atoms with E-state index in [0.717, 1.165) is 31.6 Å². The summed E-state index contributed by atoms with van der Waals surface area (Å²) in [4.78, 5) is 0. The maximum Gasteiger partial charge on any atom is 0.143 e. The normalized spacial score (nSPS) is 25.6. The summed E-state index contributed by atoms with van der Waals surface area (Å²) < 4.78 is 14.4. The van der Waals surface area contributed by atoms with Gasteiger partial charge in [0.15, 0.2) is 0 Å². The first kappa shape index (κ1) is 15.0. The van der Waals surface area contributed by atoms with Crippen LogP contribution in [-0.4, -0.2) is 5.11 Å². The van der Waals surface area contributed by atoms with E-state index in [1.807, 2.05) is 0 Å². The summed E-state index contributed by atoms with van der Waals surface area (Å²) in [5, 5.41) is 10.4. The van der Waals surface area contributed by atoms with Crippen molar-refractivity contribution in [2.75, 3.05) is 0 Å². The van der Waals surface area contributed by atoms with Crippen molar-refractivity contribution in [3.8, 4) is 0 Å². The molecule has 1 aromatic rings. The van der Waals surface area contributed by atoms with Gasteiger partial charge in [0.2, 0.25) is 0 Å². The molecule has 0 aliphatic heterocycles. The molecule has 0 spiro atoms. The van der Waals surface area contributed by atoms with Crippen LogP contribution in [0.5, 0.6) is 0 Å². The molecule has 19 heavy (non-hydrogen) atoms. The van der Waals surface area contributed by atoms with Crippen LogP contribution in [0.2, 0.25) is 0 Å². The van der Waals surface area contributed by atoms with Gasteiger partial charge in [0.25, 0.3) is 0 Å². The standard InChI is InChI=1S/C16H22BrFO/c1-10(2)11-6-8-12(9-7-11)16(19)13-4-3-5-14(17)15(13)18/h3-5,10-12,16,19H,6-9H2,1-2H3. The van der Waals surface area contributed by atoms with Crippen LogP contribution in [-0.2, 0) is 0 Å². The minimum atomic E-state index is -0.675. The molecule has 2 rings (SSSR count). The van der Waals surface area contributed by atoms with Crippen LogP contribution in [0, 0.1) is 23.6 Å². The smallest absolute Gasteiger partial charge is 0.143 e. The Labute approximate surface area is 123 Å². The van der Waals surface area contributed by atoms with Crippen LogP contribution in [0.3, 0.4) is 0 Å². The molecule has 0 saturated heterocycles. The van der Waals surface area contributed by atoms with E-state index in [4.69, 9.17) is 0 Å². The summed E-state index contributed by atoms with van der Waals surface area (Å²) in [5.41, 5.74) is 0.433. The van der Waals surface area contributed by atoms with E-state index in [9.17, 15) is 9.50 Å². The van der Waals surface area contributed by atoms with E-state index in [1.165, 1.54) is 0 Å². The Balaban J connectivity index is 2.05. The number of aliphatic hydroxyl groups excluding tert-OH is 1. The molecule has 0 bridgehead atoms. The Kier molecular flexibility index (Phi) is 5.02. The topological polar surface area (TPSA) is 20.2 Å². The summed E-state index contributed by atoms with van der Waals surface area (Å²) in [6.07, 6.45) is 3.61. The van der Waals surface area contributed by atoms with Crippen LogP contribution < -0.4 is 0 Å². The van der Waals surface area contributed by atoms with Crippen LogP contribution in [0.1, 0.15) is 51.2 Å². The van der Waals surface area contributed by atoms with Gasteiger partial charge in [0.05, 0.1) is 10.6 Å². The first-order valence-electron chi connectivity index (χ1n) is 7.12. The Morgan fingerprint density at radius 1 is 1.16 bits per heavy atom. The zero-order valence-corrected chi connectivity index (χ0v) is 13.2. The van der Waals surface area contributed by atoms with Crippen molar-refractivity contribution in [3.05, 3.63) is 34.1 Å². The second-order valence-electron chi connectivity index (χ2n) is 6.01. The van der Waals surface area contributed by atoms with Gasteiger partial charge in [-0.15, -0.1) is 0 Å². The lowest BCUT2D eigenvalue weighted by Gasteiger charge is -2.33. The van der Waals surface area contributed by atoms with Crippen molar-refractivity contribution in [1.82, 2.24) is 0 Å². The second-order valence-corrected chi connectivity index (χ2v) is 6.86. The predicted molar refractivity (Wildman–Crippen MR) is 79.3 cm³/mol. The van der Waals surface area contributed by atoms with Crippen molar-refractivity contribution in [2.45, 2.75) is 45.6 Å². The average Bonchev–Trinajstić information content (AvgIpc) is 2.41. The third-order valence-corrected chi connectivity index (χ3v) is 5.12. The number of aliphatic hydroxyl groups is 1. The van der Waals surface area contributed by atoms with Crippen LogP contribution in [0.25, 0.3) is 0 Å². The summed E-state index contributed by atoms with van der Waals surface area (Å²) >= 11 is 3.18. The molecule has 1 aromatic carbocycles. The fourth-order valence-corrected chi connectivity index (χ4v) is 3.51.